The van der Waals surface area contributed by atoms with Gasteiger partial charge in [-0.25, -0.2) is 14.2 Å². The van der Waals surface area contributed by atoms with Crippen LogP contribution in [0.1, 0.15) is 10.4 Å². The second-order valence-electron chi connectivity index (χ2n) is 4.84. The van der Waals surface area contributed by atoms with Crippen molar-refractivity contribution in [1.29, 1.82) is 0 Å². The van der Waals surface area contributed by atoms with Gasteiger partial charge >= 0.3 is 5.97 Å². The van der Waals surface area contributed by atoms with E-state index < -0.39 is 11.8 Å². The summed E-state index contributed by atoms with van der Waals surface area (Å²) < 4.78 is 19.3. The SMILES string of the molecule is COc1ccc(Cl)cc1-c1cc(C(=O)O)c2cccc(F)c2n1. The maximum Gasteiger partial charge on any atom is 0.336 e. The normalized spacial score (nSPS) is 10.7. The third-order valence-electron chi connectivity index (χ3n) is 3.46. The highest BCUT2D eigenvalue weighted by Gasteiger charge is 2.17. The third kappa shape index (κ3) is 2.71. The minimum absolute atomic E-state index is 0.00979. The minimum atomic E-state index is -1.16. The number of para-hydroxylation sites is 1. The van der Waals surface area contributed by atoms with Gasteiger partial charge in [-0.1, -0.05) is 23.7 Å². The molecule has 0 spiro atoms. The molecule has 1 aromatic heterocycles. The van der Waals surface area contributed by atoms with Crippen LogP contribution in [0.3, 0.4) is 0 Å². The number of rotatable bonds is 3. The number of pyridine rings is 1. The molecule has 6 heteroatoms. The van der Waals surface area contributed by atoms with E-state index in [2.05, 4.69) is 4.98 Å². The second-order valence-corrected chi connectivity index (χ2v) is 5.28. The zero-order chi connectivity index (χ0) is 16.6. The summed E-state index contributed by atoms with van der Waals surface area (Å²) in [7, 11) is 1.48. The van der Waals surface area contributed by atoms with Gasteiger partial charge in [0.2, 0.25) is 0 Å². The first-order valence-electron chi connectivity index (χ1n) is 6.67. The van der Waals surface area contributed by atoms with E-state index in [1.807, 2.05) is 0 Å². The molecular formula is C17H11ClFNO3. The number of nitrogens with zero attached hydrogens (tertiary/aromatic N) is 1. The Bertz CT molecular complexity index is 927. The molecule has 3 rings (SSSR count). The summed E-state index contributed by atoms with van der Waals surface area (Å²) in [5, 5.41) is 10.1. The number of carboxylic acids is 1. The first-order valence-corrected chi connectivity index (χ1v) is 7.05. The van der Waals surface area contributed by atoms with Crippen molar-refractivity contribution in [3.05, 3.63) is 58.9 Å². The molecule has 1 N–H and O–H groups in total. The first kappa shape index (κ1) is 15.2. The summed E-state index contributed by atoms with van der Waals surface area (Å²) in [6, 6.07) is 10.5. The molecule has 0 saturated heterocycles. The number of aromatic nitrogens is 1. The predicted octanol–water partition coefficient (Wildman–Crippen LogP) is 4.40. The Morgan fingerprint density at radius 1 is 1.26 bits per heavy atom. The van der Waals surface area contributed by atoms with Crippen molar-refractivity contribution < 1.29 is 19.0 Å². The zero-order valence-corrected chi connectivity index (χ0v) is 12.8. The van der Waals surface area contributed by atoms with Crippen molar-refractivity contribution in [2.75, 3.05) is 7.11 Å². The van der Waals surface area contributed by atoms with Gasteiger partial charge in [-0.2, -0.15) is 0 Å². The van der Waals surface area contributed by atoms with E-state index in [4.69, 9.17) is 16.3 Å². The first-order chi connectivity index (χ1) is 11.0. The molecule has 0 unspecified atom stereocenters. The number of fused-ring (bicyclic) bond motifs is 1. The topological polar surface area (TPSA) is 59.4 Å². The summed E-state index contributed by atoms with van der Waals surface area (Å²) in [5.41, 5.74) is 0.725. The number of halogens is 2. The van der Waals surface area contributed by atoms with E-state index in [0.29, 0.717) is 16.3 Å². The molecule has 0 saturated carbocycles. The van der Waals surface area contributed by atoms with E-state index in [9.17, 15) is 14.3 Å². The Morgan fingerprint density at radius 2 is 2.04 bits per heavy atom. The lowest BCUT2D eigenvalue weighted by Crippen LogP contribution is -2.02. The highest BCUT2D eigenvalue weighted by Crippen LogP contribution is 2.34. The molecule has 4 nitrogen and oxygen atoms in total. The molecule has 0 aliphatic rings. The number of carbonyl (C=O) groups is 1. The van der Waals surface area contributed by atoms with Crippen LogP contribution in [0.25, 0.3) is 22.2 Å². The van der Waals surface area contributed by atoms with Gasteiger partial charge in [-0.05, 0) is 30.3 Å². The number of hydrogen-bond acceptors (Lipinski definition) is 3. The van der Waals surface area contributed by atoms with Crippen LogP contribution in [-0.4, -0.2) is 23.2 Å². The lowest BCUT2D eigenvalue weighted by molar-refractivity contribution is 0.0699. The quantitative estimate of drug-likeness (QED) is 0.772. The Morgan fingerprint density at radius 3 is 2.74 bits per heavy atom. The van der Waals surface area contributed by atoms with Crippen molar-refractivity contribution in [3.8, 4) is 17.0 Å². The van der Waals surface area contributed by atoms with E-state index >= 15 is 0 Å². The fourth-order valence-corrected chi connectivity index (χ4v) is 2.58. The van der Waals surface area contributed by atoms with Crippen LogP contribution >= 0.6 is 11.6 Å². The Kier molecular flexibility index (Phi) is 3.88. The van der Waals surface area contributed by atoms with E-state index in [-0.39, 0.29) is 22.2 Å². The molecule has 0 fully saturated rings. The number of ether oxygens (including phenoxy) is 1. The number of benzene rings is 2. The van der Waals surface area contributed by atoms with Gasteiger partial charge in [0.15, 0.2) is 0 Å². The van der Waals surface area contributed by atoms with Crippen LogP contribution in [-0.2, 0) is 0 Å². The van der Waals surface area contributed by atoms with Crippen LogP contribution < -0.4 is 4.74 Å². The average Bonchev–Trinajstić information content (AvgIpc) is 2.54. The van der Waals surface area contributed by atoms with Gasteiger partial charge in [-0.15, -0.1) is 0 Å². The fourth-order valence-electron chi connectivity index (χ4n) is 2.41. The third-order valence-corrected chi connectivity index (χ3v) is 3.69. The fraction of sp³-hybridized carbons (Fsp3) is 0.0588. The number of aromatic carboxylic acids is 1. The van der Waals surface area contributed by atoms with Crippen molar-refractivity contribution in [2.45, 2.75) is 0 Å². The van der Waals surface area contributed by atoms with Crippen LogP contribution in [0.5, 0.6) is 5.75 Å². The summed E-state index contributed by atoms with van der Waals surface area (Å²) >= 11 is 6.00. The average molecular weight is 332 g/mol. The van der Waals surface area contributed by atoms with Crippen molar-refractivity contribution in [1.82, 2.24) is 4.98 Å². The molecule has 1 heterocycles. The van der Waals surface area contributed by atoms with E-state index in [1.54, 1.807) is 18.2 Å². The molecule has 0 radical (unpaired) electrons. The summed E-state index contributed by atoms with van der Waals surface area (Å²) in [6.45, 7) is 0. The second kappa shape index (κ2) is 5.85. The zero-order valence-electron chi connectivity index (χ0n) is 12.0. The van der Waals surface area contributed by atoms with E-state index in [1.165, 1.54) is 31.4 Å². The van der Waals surface area contributed by atoms with Crippen molar-refractivity contribution in [2.24, 2.45) is 0 Å². The molecular weight excluding hydrogens is 321 g/mol. The minimum Gasteiger partial charge on any atom is -0.496 e. The lowest BCUT2D eigenvalue weighted by Gasteiger charge is -2.11. The van der Waals surface area contributed by atoms with Crippen LogP contribution in [0, 0.1) is 5.82 Å². The van der Waals surface area contributed by atoms with Crippen LogP contribution in [0.2, 0.25) is 5.02 Å². The molecule has 0 atom stereocenters. The van der Waals surface area contributed by atoms with Gasteiger partial charge in [0.05, 0.1) is 18.4 Å². The number of carboxylic acid groups (broad SMARTS) is 1. The number of methoxy groups -OCH3 is 1. The highest BCUT2D eigenvalue weighted by atomic mass is 35.5. The standard InChI is InChI=1S/C17H11ClFNO3/c1-23-15-6-5-9(18)7-12(15)14-8-11(17(21)22)10-3-2-4-13(19)16(10)20-14/h2-8H,1H3,(H,21,22). The smallest absolute Gasteiger partial charge is 0.336 e. The molecule has 3 aromatic rings. The van der Waals surface area contributed by atoms with E-state index in [0.717, 1.165) is 0 Å². The van der Waals surface area contributed by atoms with Crippen molar-refractivity contribution >= 4 is 28.5 Å². The molecule has 116 valence electrons. The monoisotopic (exact) mass is 331 g/mol. The molecule has 0 aliphatic carbocycles. The Hall–Kier alpha value is -2.66. The summed E-state index contributed by atoms with van der Waals surface area (Å²) in [6.07, 6.45) is 0. The summed E-state index contributed by atoms with van der Waals surface area (Å²) in [4.78, 5) is 15.8. The van der Waals surface area contributed by atoms with Crippen LogP contribution in [0.15, 0.2) is 42.5 Å². The lowest BCUT2D eigenvalue weighted by atomic mass is 10.0. The van der Waals surface area contributed by atoms with Gasteiger partial charge in [0.25, 0.3) is 0 Å². The Balaban J connectivity index is 2.37. The summed E-state index contributed by atoms with van der Waals surface area (Å²) in [5.74, 6) is -1.29. The molecule has 0 amide bonds. The molecule has 23 heavy (non-hydrogen) atoms. The van der Waals surface area contributed by atoms with Gasteiger partial charge in [0, 0.05) is 16.0 Å². The maximum atomic E-state index is 14.1. The highest BCUT2D eigenvalue weighted by molar-refractivity contribution is 6.31. The molecule has 0 aliphatic heterocycles. The maximum absolute atomic E-state index is 14.1. The predicted molar refractivity (Wildman–Crippen MR) is 85.7 cm³/mol. The molecule has 2 aromatic carbocycles. The van der Waals surface area contributed by atoms with Crippen molar-refractivity contribution in [3.63, 3.8) is 0 Å². The van der Waals surface area contributed by atoms with Crippen LogP contribution in [0.4, 0.5) is 4.39 Å². The number of hydrogen-bond donors (Lipinski definition) is 1. The van der Waals surface area contributed by atoms with Gasteiger partial charge in [-0.3, -0.25) is 0 Å². The largest absolute Gasteiger partial charge is 0.496 e. The Labute approximate surface area is 136 Å². The van der Waals surface area contributed by atoms with Gasteiger partial charge in [0.1, 0.15) is 17.1 Å². The van der Waals surface area contributed by atoms with Gasteiger partial charge < -0.3 is 9.84 Å². The molecule has 0 bridgehead atoms.